The average molecular weight is 1240 g/mol. The fraction of sp³-hybridized carbons (Fsp3) is 0.342. The van der Waals surface area contributed by atoms with Gasteiger partial charge in [-0.3, -0.25) is 0 Å². The standard InChI is InChI=1S/C76H42N2.2HI/c1-7-9-11-15-75-69-57-45-33-23-19-21-17-18-22-20-24-31-39-27(20)25(17)37-29(21)41(33)53(57)65-49(37)51(39)67(73(65,75)13-77(15,3)4)55-43(31)36-46-34(24)42-30(22)38-26(18)28(19)40-32(23)44-35(45)48-60-56(44)68-52(40)50(38)66-54(42)58(46)70-62-47(36)59(55)71(75)63(61(48)69)64(62)72(60)76(70)16(12-10-8-2)78(5,6)14-74(66,68)76;;/h15-16,47,56-57,62,68-69H,7-14H2,1-6H3;2*1H/q+2;;/p-2. The van der Waals surface area contributed by atoms with Crippen LogP contribution in [0.1, 0.15) is 166 Å². The van der Waals surface area contributed by atoms with Crippen molar-refractivity contribution in [1.82, 2.24) is 0 Å². The number of unbranched alkanes of at least 4 members (excludes halogenated alkanes) is 2. The number of nitrogens with zero attached hydrogens (tertiary/aromatic N) is 2. The van der Waals surface area contributed by atoms with Gasteiger partial charge in [0.05, 0.1) is 62.9 Å². The molecule has 0 amide bonds. The Labute approximate surface area is 488 Å². The lowest BCUT2D eigenvalue weighted by molar-refractivity contribution is -0.906. The second kappa shape index (κ2) is 8.66. The number of rotatable bonds is 6. The van der Waals surface area contributed by atoms with E-state index in [-0.39, 0.29) is 69.6 Å². The quantitative estimate of drug-likeness (QED) is 0.0885. The van der Waals surface area contributed by atoms with Crippen molar-refractivity contribution in [2.75, 3.05) is 41.3 Å². The van der Waals surface area contributed by atoms with Gasteiger partial charge in [0.2, 0.25) is 0 Å². The molecule has 4 heteroatoms. The van der Waals surface area contributed by atoms with Crippen LogP contribution in [0.15, 0.2) is 0 Å². The van der Waals surface area contributed by atoms with Crippen LogP contribution in [-0.4, -0.2) is 62.3 Å². The largest absolute Gasteiger partial charge is 1.00 e. The van der Waals surface area contributed by atoms with E-state index in [4.69, 9.17) is 0 Å². The van der Waals surface area contributed by atoms with E-state index in [0.29, 0.717) is 47.6 Å². The second-order valence-electron chi connectivity index (χ2n) is 32.7. The van der Waals surface area contributed by atoms with Crippen molar-refractivity contribution in [3.8, 4) is 11.1 Å². The van der Waals surface area contributed by atoms with Crippen LogP contribution in [-0.2, 0) is 16.2 Å². The first-order valence-corrected chi connectivity index (χ1v) is 31.7. The molecule has 2 nitrogen and oxygen atoms in total. The number of quaternary nitrogens is 2. The highest BCUT2D eigenvalue weighted by Crippen LogP contribution is 2.97. The van der Waals surface area contributed by atoms with Crippen molar-refractivity contribution in [2.45, 2.75) is 116 Å². The Bertz CT molecular complexity index is 6700. The zero-order valence-corrected chi connectivity index (χ0v) is 49.2. The maximum atomic E-state index is 2.82. The van der Waals surface area contributed by atoms with Crippen LogP contribution in [0.4, 0.5) is 0 Å². The smallest absolute Gasteiger partial charge is 0.103 e. The molecule has 370 valence electrons. The number of hydrogen-bond donors (Lipinski definition) is 0. The van der Waals surface area contributed by atoms with Crippen molar-refractivity contribution in [3.05, 3.63) is 83.1 Å². The van der Waals surface area contributed by atoms with Gasteiger partial charge in [-0.05, 0) is 285 Å². The number of likely N-dealkylation sites (N-methyl/N-ethyl adjacent to an activating group) is 2. The van der Waals surface area contributed by atoms with Gasteiger partial charge in [0.15, 0.2) is 0 Å². The zero-order valence-electron chi connectivity index (χ0n) is 44.9. The Hall–Kier alpha value is -5.12. The van der Waals surface area contributed by atoms with E-state index in [9.17, 15) is 0 Å². The molecule has 2 fully saturated rings. The van der Waals surface area contributed by atoms with Crippen molar-refractivity contribution < 1.29 is 56.9 Å². The molecule has 17 aliphatic rings. The molecule has 0 bridgehead atoms. The van der Waals surface area contributed by atoms with Crippen LogP contribution in [0.3, 0.4) is 0 Å². The average Bonchev–Trinajstić information content (AvgIpc) is 1.41. The van der Waals surface area contributed by atoms with Crippen molar-refractivity contribution in [2.24, 2.45) is 5.41 Å². The summed E-state index contributed by atoms with van der Waals surface area (Å²) in [7, 11) is 11.3. The number of likely N-dealkylation sites (tertiary alicyclic amines) is 2. The zero-order chi connectivity index (χ0) is 48.1. The van der Waals surface area contributed by atoms with E-state index >= 15 is 0 Å². The monoisotopic (exact) mass is 1240 g/mol. The third-order valence-corrected chi connectivity index (χ3v) is 31.9. The minimum Gasteiger partial charge on any atom is -1.00 e. The highest BCUT2D eigenvalue weighted by atomic mass is 127. The SMILES string of the molecule is CCCCC1C23C4=c5c6c7c8c9c%10c%11c%12c%13c%14c%15c%16c%17c%18c%19c%20c%21c%22c%23c(c5c5c6c6c8c%11c8c%11c%12c%15c%12c(c%20%16)c%21c%15c%23c5c(c68)c%15c%12%11)C2(C[N+]1(C)C)C%22C%19c1c-%18c2c5c(c13)C4C7C9=C5C1(C2C%17%14)C(CCCC)[N+](C)(C)CC%10%131.[I-].[I-]. The summed E-state index contributed by atoms with van der Waals surface area (Å²) in [6, 6.07) is 1.14. The molecule has 34 rings (SSSR count). The Morgan fingerprint density at radius 1 is 0.375 bits per heavy atom. The van der Waals surface area contributed by atoms with Gasteiger partial charge in [0, 0.05) is 48.3 Å². The summed E-state index contributed by atoms with van der Waals surface area (Å²) in [5.41, 5.74) is 37.2. The van der Waals surface area contributed by atoms with E-state index in [0.717, 1.165) is 0 Å². The second-order valence-corrected chi connectivity index (χ2v) is 32.7. The Morgan fingerprint density at radius 2 is 0.887 bits per heavy atom. The molecule has 2 saturated heterocycles. The number of hydrogen-bond acceptors (Lipinski definition) is 0. The van der Waals surface area contributed by atoms with Crippen molar-refractivity contribution in [3.63, 3.8) is 0 Å². The molecule has 15 aliphatic carbocycles. The van der Waals surface area contributed by atoms with Crippen molar-refractivity contribution in [1.29, 1.82) is 0 Å². The summed E-state index contributed by atoms with van der Waals surface area (Å²) in [4.78, 5) is 0. The number of allylic oxidation sites excluding steroid dienone is 1. The molecule has 12 atom stereocenters. The predicted molar refractivity (Wildman–Crippen MR) is 316 cm³/mol. The lowest BCUT2D eigenvalue weighted by Crippen LogP contribution is -3.00. The normalized spacial score (nSPS) is 36.5. The summed E-state index contributed by atoms with van der Waals surface area (Å²) < 4.78 is 2.35. The maximum Gasteiger partial charge on any atom is 0.103 e. The Morgan fingerprint density at radius 3 is 1.57 bits per heavy atom. The minimum absolute atomic E-state index is 0. The molecule has 0 radical (unpaired) electrons. The minimum atomic E-state index is -0.0526. The molecule has 0 aromatic heterocycles. The lowest BCUT2D eigenvalue weighted by atomic mass is 9.40. The molecule has 4 spiro atoms. The van der Waals surface area contributed by atoms with Gasteiger partial charge in [-0.2, -0.15) is 0 Å². The van der Waals surface area contributed by atoms with E-state index < -0.39 is 0 Å². The summed E-state index contributed by atoms with van der Waals surface area (Å²) in [5.74, 6) is 2.82. The summed E-state index contributed by atoms with van der Waals surface area (Å²) in [6.45, 7) is 7.63. The third kappa shape index (κ3) is 2.09. The number of benzene rings is 12. The Kier molecular flexibility index (Phi) is 4.02. The fourth-order valence-corrected chi connectivity index (χ4v) is 32.8. The summed E-state index contributed by atoms with van der Waals surface area (Å²) in [6.07, 6.45) is 7.98. The first-order valence-electron chi connectivity index (χ1n) is 31.7. The number of halogens is 2. The first kappa shape index (κ1) is 37.2. The third-order valence-electron chi connectivity index (χ3n) is 31.9. The van der Waals surface area contributed by atoms with Crippen LogP contribution in [0.2, 0.25) is 0 Å². The van der Waals surface area contributed by atoms with E-state index in [1.165, 1.54) is 60.6 Å². The van der Waals surface area contributed by atoms with E-state index in [1.54, 1.807) is 108 Å². The van der Waals surface area contributed by atoms with Crippen molar-refractivity contribution >= 4 is 178 Å². The molecule has 2 heterocycles. The molecule has 17 aromatic carbocycles. The molecule has 12 unspecified atom stereocenters. The lowest BCUT2D eigenvalue weighted by Gasteiger charge is -2.58. The molecular weight excluding hydrogens is 1190 g/mol. The van der Waals surface area contributed by atoms with Gasteiger partial charge in [-0.15, -0.1) is 0 Å². The first-order chi connectivity index (χ1) is 38.3. The summed E-state index contributed by atoms with van der Waals surface area (Å²) >= 11 is 0. The highest BCUT2D eigenvalue weighted by Gasteiger charge is 2.90. The van der Waals surface area contributed by atoms with E-state index in [1.807, 2.05) is 159 Å². The molecule has 17 aromatic rings. The van der Waals surface area contributed by atoms with Crippen LogP contribution < -0.4 is 53.2 Å². The summed E-state index contributed by atoms with van der Waals surface area (Å²) in [5, 5.41) is 55.6. The maximum absolute atomic E-state index is 2.82. The van der Waals surface area contributed by atoms with Gasteiger partial charge in [-0.1, -0.05) is 26.7 Å². The Balaban J connectivity index is 0.00000189. The van der Waals surface area contributed by atoms with Gasteiger partial charge < -0.3 is 56.9 Å². The topological polar surface area (TPSA) is 0 Å². The molecular formula is C76H42I2N2. The van der Waals surface area contributed by atoms with E-state index in [2.05, 4.69) is 47.6 Å². The van der Waals surface area contributed by atoms with Gasteiger partial charge in [0.25, 0.3) is 0 Å². The van der Waals surface area contributed by atoms with Crippen LogP contribution in [0.5, 0.6) is 0 Å². The molecule has 2 aliphatic heterocycles. The predicted octanol–water partition coefficient (Wildman–Crippen LogP) is 9.73. The fourth-order valence-electron chi connectivity index (χ4n) is 32.8. The van der Waals surface area contributed by atoms with Crippen LogP contribution in [0, 0.1) is 5.41 Å². The van der Waals surface area contributed by atoms with Crippen LogP contribution >= 0.6 is 0 Å². The molecule has 0 N–H and O–H groups in total. The van der Waals surface area contributed by atoms with Gasteiger partial charge in [0.1, 0.15) is 12.1 Å². The van der Waals surface area contributed by atoms with Gasteiger partial charge >= 0.3 is 0 Å². The van der Waals surface area contributed by atoms with Gasteiger partial charge in [-0.25, -0.2) is 0 Å². The molecule has 0 saturated carbocycles. The van der Waals surface area contributed by atoms with Crippen LogP contribution in [0.25, 0.3) is 189 Å². The highest BCUT2D eigenvalue weighted by molar-refractivity contribution is 6.72. The molecule has 80 heavy (non-hydrogen) atoms.